The van der Waals surface area contributed by atoms with Gasteiger partial charge in [-0.25, -0.2) is 9.78 Å². The van der Waals surface area contributed by atoms with Crippen LogP contribution in [0.2, 0.25) is 5.15 Å². The van der Waals surface area contributed by atoms with Crippen LogP contribution >= 0.6 is 27.5 Å². The summed E-state index contributed by atoms with van der Waals surface area (Å²) < 4.78 is 0.529. The summed E-state index contributed by atoms with van der Waals surface area (Å²) in [7, 11) is 0. The topological polar surface area (TPSA) is 99.5 Å². The summed E-state index contributed by atoms with van der Waals surface area (Å²) in [5.41, 5.74) is 0.0259. The SMILES string of the molecule is C[C@@H](O)[C@H](NC(=O)c1cc(Br)cnc1Cl)C(=O)O. The largest absolute Gasteiger partial charge is 0.480 e. The van der Waals surface area contributed by atoms with Crippen LogP contribution in [-0.2, 0) is 4.79 Å². The fourth-order valence-electron chi connectivity index (χ4n) is 1.19. The fourth-order valence-corrected chi connectivity index (χ4v) is 1.71. The molecule has 0 aliphatic carbocycles. The molecule has 8 heteroatoms. The zero-order valence-corrected chi connectivity index (χ0v) is 11.6. The minimum absolute atomic E-state index is 0.0259. The van der Waals surface area contributed by atoms with Gasteiger partial charge in [-0.1, -0.05) is 11.6 Å². The van der Waals surface area contributed by atoms with Crippen molar-refractivity contribution in [3.05, 3.63) is 27.5 Å². The van der Waals surface area contributed by atoms with Crippen LogP contribution in [0.4, 0.5) is 0 Å². The Labute approximate surface area is 116 Å². The van der Waals surface area contributed by atoms with E-state index < -0.39 is 24.0 Å². The van der Waals surface area contributed by atoms with Gasteiger partial charge in [0, 0.05) is 10.7 Å². The van der Waals surface area contributed by atoms with Crippen LogP contribution in [0.3, 0.4) is 0 Å². The highest BCUT2D eigenvalue weighted by Gasteiger charge is 2.26. The maximum Gasteiger partial charge on any atom is 0.328 e. The summed E-state index contributed by atoms with van der Waals surface area (Å²) in [5, 5.41) is 20.2. The molecule has 0 bridgehead atoms. The van der Waals surface area contributed by atoms with E-state index in [1.54, 1.807) is 0 Å². The molecular weight excluding hydrogens is 327 g/mol. The zero-order chi connectivity index (χ0) is 13.9. The lowest BCUT2D eigenvalue weighted by Crippen LogP contribution is -2.47. The normalized spacial score (nSPS) is 13.8. The van der Waals surface area contributed by atoms with Gasteiger partial charge in [-0.15, -0.1) is 0 Å². The van der Waals surface area contributed by atoms with E-state index in [9.17, 15) is 14.7 Å². The van der Waals surface area contributed by atoms with E-state index in [-0.39, 0.29) is 10.7 Å². The van der Waals surface area contributed by atoms with Crippen molar-refractivity contribution < 1.29 is 19.8 Å². The van der Waals surface area contributed by atoms with E-state index >= 15 is 0 Å². The molecule has 1 aromatic heterocycles. The van der Waals surface area contributed by atoms with Gasteiger partial charge in [-0.3, -0.25) is 4.79 Å². The second-order valence-electron chi connectivity index (χ2n) is 3.52. The first-order valence-electron chi connectivity index (χ1n) is 4.85. The number of carboxylic acids is 1. The third-order valence-electron chi connectivity index (χ3n) is 2.09. The van der Waals surface area contributed by atoms with Crippen molar-refractivity contribution in [1.29, 1.82) is 0 Å². The predicted octanol–water partition coefficient (Wildman–Crippen LogP) is 1.06. The molecule has 98 valence electrons. The number of aliphatic carboxylic acids is 1. The standard InChI is InChI=1S/C10H10BrClN2O4/c1-4(15)7(10(17)18)14-9(16)6-2-5(11)3-13-8(6)12/h2-4,7,15H,1H3,(H,14,16)(H,17,18)/t4-,7+/m1/s1. The van der Waals surface area contributed by atoms with Crippen molar-refractivity contribution in [3.63, 3.8) is 0 Å². The highest BCUT2D eigenvalue weighted by atomic mass is 79.9. The van der Waals surface area contributed by atoms with Crippen LogP contribution in [-0.4, -0.2) is 39.2 Å². The van der Waals surface area contributed by atoms with E-state index in [2.05, 4.69) is 26.2 Å². The van der Waals surface area contributed by atoms with E-state index in [0.29, 0.717) is 4.47 Å². The maximum atomic E-state index is 11.8. The second-order valence-corrected chi connectivity index (χ2v) is 4.80. The van der Waals surface area contributed by atoms with Gasteiger partial charge in [-0.2, -0.15) is 0 Å². The maximum absolute atomic E-state index is 11.8. The van der Waals surface area contributed by atoms with Gasteiger partial charge in [0.05, 0.1) is 11.7 Å². The molecule has 0 unspecified atom stereocenters. The van der Waals surface area contributed by atoms with Crippen LogP contribution in [0.25, 0.3) is 0 Å². The van der Waals surface area contributed by atoms with Crippen molar-refractivity contribution in [2.45, 2.75) is 19.1 Å². The van der Waals surface area contributed by atoms with E-state index in [4.69, 9.17) is 16.7 Å². The van der Waals surface area contributed by atoms with Crippen LogP contribution in [0, 0.1) is 0 Å². The quantitative estimate of drug-likeness (QED) is 0.714. The first-order valence-corrected chi connectivity index (χ1v) is 6.02. The average Bonchev–Trinajstić information content (AvgIpc) is 2.28. The molecule has 1 amide bonds. The molecule has 1 heterocycles. The Morgan fingerprint density at radius 1 is 1.56 bits per heavy atom. The molecule has 6 nitrogen and oxygen atoms in total. The van der Waals surface area contributed by atoms with Gasteiger partial charge in [0.15, 0.2) is 6.04 Å². The highest BCUT2D eigenvalue weighted by Crippen LogP contribution is 2.18. The lowest BCUT2D eigenvalue weighted by molar-refractivity contribution is -0.141. The molecular formula is C10H10BrClN2O4. The minimum atomic E-state index is -1.41. The molecule has 0 fully saturated rings. The molecule has 0 saturated carbocycles. The molecule has 2 atom stereocenters. The molecule has 0 aliphatic rings. The third-order valence-corrected chi connectivity index (χ3v) is 2.82. The number of nitrogens with zero attached hydrogens (tertiary/aromatic N) is 1. The Hall–Kier alpha value is -1.18. The molecule has 3 N–H and O–H groups in total. The van der Waals surface area contributed by atoms with Gasteiger partial charge < -0.3 is 15.5 Å². The van der Waals surface area contributed by atoms with Crippen molar-refractivity contribution >= 4 is 39.4 Å². The van der Waals surface area contributed by atoms with Gasteiger partial charge >= 0.3 is 5.97 Å². The summed E-state index contributed by atoms with van der Waals surface area (Å²) in [4.78, 5) is 26.4. The lowest BCUT2D eigenvalue weighted by atomic mass is 10.1. The number of amides is 1. The van der Waals surface area contributed by atoms with E-state index in [1.807, 2.05) is 0 Å². The van der Waals surface area contributed by atoms with Gasteiger partial charge in [0.1, 0.15) is 5.15 Å². The van der Waals surface area contributed by atoms with Gasteiger partial charge in [0.25, 0.3) is 5.91 Å². The number of carbonyl (C=O) groups excluding carboxylic acids is 1. The summed E-state index contributed by atoms with van der Waals surface area (Å²) in [6.45, 7) is 1.26. The Balaban J connectivity index is 2.94. The number of carboxylic acid groups (broad SMARTS) is 1. The summed E-state index contributed by atoms with van der Waals surface area (Å²) in [6.07, 6.45) is 0.174. The zero-order valence-electron chi connectivity index (χ0n) is 9.22. The minimum Gasteiger partial charge on any atom is -0.480 e. The van der Waals surface area contributed by atoms with Crippen molar-refractivity contribution in [1.82, 2.24) is 10.3 Å². The Morgan fingerprint density at radius 3 is 2.67 bits per heavy atom. The lowest BCUT2D eigenvalue weighted by Gasteiger charge is -2.17. The Bertz CT molecular complexity index is 481. The van der Waals surface area contributed by atoms with Crippen LogP contribution in [0.1, 0.15) is 17.3 Å². The molecule has 1 aromatic rings. The van der Waals surface area contributed by atoms with Crippen molar-refractivity contribution in [2.24, 2.45) is 0 Å². The first-order chi connectivity index (χ1) is 8.32. The molecule has 0 saturated heterocycles. The van der Waals surface area contributed by atoms with Crippen LogP contribution in [0.15, 0.2) is 16.7 Å². The number of hydrogen-bond donors (Lipinski definition) is 3. The van der Waals surface area contributed by atoms with Gasteiger partial charge in [0.2, 0.25) is 0 Å². The molecule has 18 heavy (non-hydrogen) atoms. The summed E-state index contributed by atoms with van der Waals surface area (Å²) in [6, 6.07) is -0.00133. The average molecular weight is 338 g/mol. The number of hydrogen-bond acceptors (Lipinski definition) is 4. The number of aliphatic hydroxyl groups excluding tert-OH is 1. The molecule has 0 aromatic carbocycles. The number of pyridine rings is 1. The van der Waals surface area contributed by atoms with Crippen molar-refractivity contribution in [3.8, 4) is 0 Å². The molecule has 0 spiro atoms. The molecule has 0 aliphatic heterocycles. The third kappa shape index (κ3) is 3.66. The number of halogens is 2. The number of aromatic nitrogens is 1. The smallest absolute Gasteiger partial charge is 0.328 e. The Kier molecular flexibility index (Phi) is 5.06. The number of rotatable bonds is 4. The van der Waals surface area contributed by atoms with E-state index in [0.717, 1.165) is 0 Å². The second kappa shape index (κ2) is 6.12. The number of aliphatic hydroxyl groups is 1. The highest BCUT2D eigenvalue weighted by molar-refractivity contribution is 9.10. The number of carbonyl (C=O) groups is 2. The molecule has 0 radical (unpaired) electrons. The first kappa shape index (κ1) is 14.9. The Morgan fingerprint density at radius 2 is 2.17 bits per heavy atom. The van der Waals surface area contributed by atoms with Crippen molar-refractivity contribution in [2.75, 3.05) is 0 Å². The summed E-state index contributed by atoms with van der Waals surface area (Å²) >= 11 is 8.85. The van der Waals surface area contributed by atoms with E-state index in [1.165, 1.54) is 19.2 Å². The van der Waals surface area contributed by atoms with Gasteiger partial charge in [-0.05, 0) is 28.9 Å². The predicted molar refractivity (Wildman–Crippen MR) is 67.5 cm³/mol. The molecule has 1 rings (SSSR count). The number of nitrogens with one attached hydrogen (secondary N) is 1. The van der Waals surface area contributed by atoms with Crippen LogP contribution in [0.5, 0.6) is 0 Å². The summed E-state index contributed by atoms with van der Waals surface area (Å²) in [5.74, 6) is -2.06. The fraction of sp³-hybridized carbons (Fsp3) is 0.300. The van der Waals surface area contributed by atoms with Crippen LogP contribution < -0.4 is 5.32 Å². The monoisotopic (exact) mass is 336 g/mol.